The summed E-state index contributed by atoms with van der Waals surface area (Å²) in [5.41, 5.74) is 5.71. The van der Waals surface area contributed by atoms with Crippen molar-refractivity contribution in [1.82, 2.24) is 20.2 Å². The van der Waals surface area contributed by atoms with Crippen LogP contribution in [0.5, 0.6) is 0 Å². The van der Waals surface area contributed by atoms with Gasteiger partial charge < -0.3 is 20.7 Å². The van der Waals surface area contributed by atoms with Crippen LogP contribution >= 0.6 is 0 Å². The molecule has 0 bridgehead atoms. The number of anilines is 1. The van der Waals surface area contributed by atoms with Crippen LogP contribution in [-0.2, 0) is 11.0 Å². The van der Waals surface area contributed by atoms with Crippen LogP contribution in [0.2, 0.25) is 0 Å². The van der Waals surface area contributed by atoms with E-state index in [1.807, 2.05) is 14.0 Å². The van der Waals surface area contributed by atoms with Crippen LogP contribution in [-0.4, -0.2) is 72.5 Å². The van der Waals surface area contributed by atoms with E-state index in [2.05, 4.69) is 32.0 Å². The van der Waals surface area contributed by atoms with E-state index in [-0.39, 0.29) is 11.6 Å². The number of halogens is 3. The molecule has 10 heteroatoms. The number of nitrogens with zero attached hydrogens (tertiary/aromatic N) is 4. The summed E-state index contributed by atoms with van der Waals surface area (Å²) in [6.07, 6.45) is 0.310. The van der Waals surface area contributed by atoms with E-state index < -0.39 is 11.7 Å². The monoisotopic (exact) mass is 452 g/mol. The maximum atomic E-state index is 13.2. The Morgan fingerprint density at radius 2 is 1.81 bits per heavy atom. The van der Waals surface area contributed by atoms with Crippen molar-refractivity contribution in [2.45, 2.75) is 44.6 Å². The van der Waals surface area contributed by atoms with Crippen molar-refractivity contribution >= 4 is 23.0 Å². The molecule has 0 radical (unpaired) electrons. The fraction of sp³-hybridized carbons (Fsp3) is 0.591. The van der Waals surface area contributed by atoms with E-state index in [1.54, 1.807) is 0 Å². The quantitative estimate of drug-likeness (QED) is 0.689. The number of rotatable bonds is 4. The Balaban J connectivity index is 0.000000269. The van der Waals surface area contributed by atoms with Gasteiger partial charge in [-0.15, -0.1) is 0 Å². The fourth-order valence-electron chi connectivity index (χ4n) is 4.25. The Morgan fingerprint density at radius 1 is 1.16 bits per heavy atom. The van der Waals surface area contributed by atoms with Crippen LogP contribution in [0.3, 0.4) is 0 Å². The predicted molar refractivity (Wildman–Crippen MR) is 118 cm³/mol. The number of hydrogen-bond acceptors (Lipinski definition) is 7. The number of fused-ring (bicyclic) bond motifs is 1. The van der Waals surface area contributed by atoms with Gasteiger partial charge in [-0.3, -0.25) is 14.9 Å². The van der Waals surface area contributed by atoms with Gasteiger partial charge >= 0.3 is 6.18 Å². The van der Waals surface area contributed by atoms with Crippen LogP contribution in [0, 0.1) is 5.92 Å². The number of nitrogens with one attached hydrogen (secondary N) is 1. The van der Waals surface area contributed by atoms with Gasteiger partial charge in [-0.25, -0.2) is 0 Å². The molecule has 2 aliphatic heterocycles. The number of likely N-dealkylation sites (tertiary alicyclic amines) is 1. The minimum absolute atomic E-state index is 0.0600. The molecule has 0 amide bonds. The molecule has 3 unspecified atom stereocenters. The van der Waals surface area contributed by atoms with Crippen molar-refractivity contribution in [2.24, 2.45) is 11.7 Å². The molecule has 1 aromatic heterocycles. The number of carbonyl (C=O) groups is 1. The molecule has 0 saturated carbocycles. The molecule has 4 rings (SSSR count). The third kappa shape index (κ3) is 5.54. The van der Waals surface area contributed by atoms with Gasteiger partial charge in [-0.2, -0.15) is 13.2 Å². The Bertz CT molecular complexity index is 918. The molecular formula is C22H31F3N6O. The average Bonchev–Trinajstić information content (AvgIpc) is 2.74. The van der Waals surface area contributed by atoms with Crippen molar-refractivity contribution in [1.29, 1.82) is 0 Å². The van der Waals surface area contributed by atoms with Gasteiger partial charge in [0.1, 0.15) is 17.3 Å². The number of aldehydes is 1. The first-order valence-corrected chi connectivity index (χ1v) is 10.8. The van der Waals surface area contributed by atoms with Crippen molar-refractivity contribution in [2.75, 3.05) is 38.1 Å². The number of carbonyl (C=O) groups excluding carboxylic acids is 1. The first kappa shape index (κ1) is 24.3. The van der Waals surface area contributed by atoms with Crippen LogP contribution in [0.1, 0.15) is 25.8 Å². The molecule has 3 atom stereocenters. The van der Waals surface area contributed by atoms with Crippen molar-refractivity contribution < 1.29 is 18.0 Å². The lowest BCUT2D eigenvalue weighted by Gasteiger charge is -2.38. The van der Waals surface area contributed by atoms with Gasteiger partial charge in [0.05, 0.1) is 17.3 Å². The Morgan fingerprint density at radius 3 is 2.38 bits per heavy atom. The lowest BCUT2D eigenvalue weighted by Crippen LogP contribution is -2.59. The van der Waals surface area contributed by atoms with Gasteiger partial charge in [-0.05, 0) is 38.4 Å². The zero-order valence-corrected chi connectivity index (χ0v) is 18.6. The summed E-state index contributed by atoms with van der Waals surface area (Å²) >= 11 is 0. The van der Waals surface area contributed by atoms with E-state index in [0.717, 1.165) is 45.0 Å². The number of likely N-dealkylation sites (N-methyl/N-ethyl adjacent to an activating group) is 1. The Hall–Kier alpha value is -2.30. The molecule has 0 aliphatic carbocycles. The summed E-state index contributed by atoms with van der Waals surface area (Å²) < 4.78 is 39.5. The van der Waals surface area contributed by atoms with E-state index >= 15 is 0 Å². The summed E-state index contributed by atoms with van der Waals surface area (Å²) in [6, 6.07) is 3.30. The summed E-state index contributed by atoms with van der Waals surface area (Å²) in [5.74, 6) is 0.454. The first-order valence-electron chi connectivity index (χ1n) is 10.8. The molecule has 2 fully saturated rings. The number of benzene rings is 1. The molecule has 0 spiro atoms. The van der Waals surface area contributed by atoms with E-state index in [1.165, 1.54) is 18.5 Å². The van der Waals surface area contributed by atoms with E-state index in [9.17, 15) is 18.0 Å². The highest BCUT2D eigenvalue weighted by Gasteiger charge is 2.35. The largest absolute Gasteiger partial charge is 0.418 e. The molecule has 2 saturated heterocycles. The third-order valence-corrected chi connectivity index (χ3v) is 6.03. The van der Waals surface area contributed by atoms with Crippen LogP contribution < -0.4 is 16.0 Å². The van der Waals surface area contributed by atoms with Crippen molar-refractivity contribution in [3.8, 4) is 0 Å². The van der Waals surface area contributed by atoms with Gasteiger partial charge in [-0.1, -0.05) is 6.92 Å². The van der Waals surface area contributed by atoms with Crippen LogP contribution in [0.4, 0.5) is 18.9 Å². The lowest BCUT2D eigenvalue weighted by molar-refractivity contribution is -0.136. The lowest BCUT2D eigenvalue weighted by atomic mass is 9.95. The number of alkyl halides is 3. The normalized spacial score (nSPS) is 23.3. The number of aromatic nitrogens is 2. The van der Waals surface area contributed by atoms with Crippen molar-refractivity contribution in [3.63, 3.8) is 0 Å². The summed E-state index contributed by atoms with van der Waals surface area (Å²) in [5, 5.41) is 3.26. The second kappa shape index (κ2) is 10.1. The minimum atomic E-state index is -4.44. The number of hydrogen-bond donors (Lipinski definition) is 2. The first-order chi connectivity index (χ1) is 15.1. The molecule has 176 valence electrons. The van der Waals surface area contributed by atoms with Crippen molar-refractivity contribution in [3.05, 3.63) is 30.1 Å². The van der Waals surface area contributed by atoms with E-state index in [0.29, 0.717) is 29.2 Å². The molecule has 32 heavy (non-hydrogen) atoms. The molecular weight excluding hydrogens is 421 g/mol. The number of nitrogens with two attached hydrogens (primary N) is 1. The third-order valence-electron chi connectivity index (χ3n) is 6.03. The Labute approximate surface area is 186 Å². The highest BCUT2D eigenvalue weighted by molar-refractivity contribution is 5.90. The van der Waals surface area contributed by atoms with Crippen LogP contribution in [0.25, 0.3) is 11.0 Å². The topological polar surface area (TPSA) is 87.4 Å². The predicted octanol–water partition coefficient (Wildman–Crippen LogP) is 2.30. The fourth-order valence-corrected chi connectivity index (χ4v) is 4.25. The SMILES string of the molecule is CC(C=O)N1CC(N)C1.CNC1CC(C)CN(c2ccc(C(F)(F)F)c3nccnc23)C1. The average molecular weight is 453 g/mol. The maximum Gasteiger partial charge on any atom is 0.418 e. The van der Waals surface area contributed by atoms with Crippen LogP contribution in [0.15, 0.2) is 24.5 Å². The second-order valence-corrected chi connectivity index (χ2v) is 8.71. The molecule has 2 aromatic rings. The summed E-state index contributed by atoms with van der Waals surface area (Å²) in [4.78, 5) is 22.4. The summed E-state index contributed by atoms with van der Waals surface area (Å²) in [6.45, 7) is 7.33. The van der Waals surface area contributed by atoms with Gasteiger partial charge in [0.2, 0.25) is 0 Å². The highest BCUT2D eigenvalue weighted by atomic mass is 19.4. The zero-order chi connectivity index (χ0) is 23.5. The smallest absolute Gasteiger partial charge is 0.368 e. The zero-order valence-electron chi connectivity index (χ0n) is 18.6. The minimum Gasteiger partial charge on any atom is -0.368 e. The van der Waals surface area contributed by atoms with Gasteiger partial charge in [0.15, 0.2) is 0 Å². The second-order valence-electron chi connectivity index (χ2n) is 8.71. The molecule has 7 nitrogen and oxygen atoms in total. The Kier molecular flexibility index (Phi) is 7.68. The summed E-state index contributed by atoms with van der Waals surface area (Å²) in [7, 11) is 1.91. The molecule has 3 heterocycles. The standard InChI is InChI=1S/C16H19F3N4.C6H12N2O/c1-10-7-11(20-2)9-23(8-10)13-4-3-12(16(17,18)19)14-15(13)22-6-5-21-14;1-5(4-9)8-2-6(7)3-8/h3-6,10-11,20H,7-9H2,1-2H3;4-6H,2-3,7H2,1H3. The number of piperidine rings is 1. The maximum absolute atomic E-state index is 13.2. The van der Waals surface area contributed by atoms with Gasteiger partial charge in [0.25, 0.3) is 0 Å². The molecule has 3 N–H and O–H groups in total. The molecule has 2 aliphatic rings. The highest BCUT2D eigenvalue weighted by Crippen LogP contribution is 2.37. The molecule has 1 aromatic carbocycles. The van der Waals surface area contributed by atoms with Gasteiger partial charge in [0, 0.05) is 50.7 Å². The van der Waals surface area contributed by atoms with E-state index in [4.69, 9.17) is 5.73 Å².